The molecule has 0 spiro atoms. The second-order valence-electron chi connectivity index (χ2n) is 6.96. The Labute approximate surface area is 167 Å². The van der Waals surface area contributed by atoms with E-state index < -0.39 is 17.6 Å². The van der Waals surface area contributed by atoms with Crippen LogP contribution in [0.2, 0.25) is 0 Å². The Morgan fingerprint density at radius 2 is 1.76 bits per heavy atom. The Morgan fingerprint density at radius 3 is 2.48 bits per heavy atom. The third-order valence-electron chi connectivity index (χ3n) is 4.40. The fourth-order valence-electron chi connectivity index (χ4n) is 2.83. The number of hydrogen-bond acceptors (Lipinski definition) is 6. The molecule has 1 amide bonds. The number of nitrogens with zero attached hydrogens (tertiary/aromatic N) is 3. The van der Waals surface area contributed by atoms with Gasteiger partial charge in [0.15, 0.2) is 6.73 Å². The molecule has 3 rings (SSSR count). The van der Waals surface area contributed by atoms with Gasteiger partial charge in [-0.15, -0.1) is 5.10 Å². The van der Waals surface area contributed by atoms with Crippen LogP contribution in [0, 0.1) is 5.92 Å². The number of amides is 1. The molecule has 0 aliphatic heterocycles. The summed E-state index contributed by atoms with van der Waals surface area (Å²) in [5.74, 6) is -1.11. The van der Waals surface area contributed by atoms with Crippen LogP contribution in [0.5, 0.6) is 0 Å². The first-order valence-electron chi connectivity index (χ1n) is 9.28. The van der Waals surface area contributed by atoms with E-state index in [1.54, 1.807) is 38.1 Å². The van der Waals surface area contributed by atoms with Crippen molar-refractivity contribution in [3.05, 3.63) is 70.5 Å². The first-order valence-corrected chi connectivity index (χ1v) is 9.28. The molecule has 1 unspecified atom stereocenters. The van der Waals surface area contributed by atoms with Crippen LogP contribution in [0.3, 0.4) is 0 Å². The first-order chi connectivity index (χ1) is 14.0. The fourth-order valence-corrected chi connectivity index (χ4v) is 2.83. The molecular formula is C21H22N4O4. The summed E-state index contributed by atoms with van der Waals surface area (Å²) in [4.78, 5) is 37.3. The van der Waals surface area contributed by atoms with Crippen molar-refractivity contribution in [1.82, 2.24) is 20.3 Å². The average molecular weight is 394 g/mol. The van der Waals surface area contributed by atoms with Crippen molar-refractivity contribution in [2.24, 2.45) is 5.92 Å². The van der Waals surface area contributed by atoms with Crippen LogP contribution >= 0.6 is 0 Å². The fraction of sp³-hybridized carbons (Fsp3) is 0.286. The van der Waals surface area contributed by atoms with Crippen molar-refractivity contribution in [2.75, 3.05) is 0 Å². The summed E-state index contributed by atoms with van der Waals surface area (Å²) in [6.07, 6.45) is 0.160. The van der Waals surface area contributed by atoms with Gasteiger partial charge in [0.2, 0.25) is 5.91 Å². The lowest BCUT2D eigenvalue weighted by molar-refractivity contribution is -0.153. The van der Waals surface area contributed by atoms with Gasteiger partial charge >= 0.3 is 5.97 Å². The van der Waals surface area contributed by atoms with Crippen LogP contribution in [0.4, 0.5) is 0 Å². The van der Waals surface area contributed by atoms with E-state index >= 15 is 0 Å². The van der Waals surface area contributed by atoms with E-state index in [-0.39, 0.29) is 25.0 Å². The minimum atomic E-state index is -0.838. The predicted octanol–water partition coefficient (Wildman–Crippen LogP) is 1.68. The van der Waals surface area contributed by atoms with Crippen LogP contribution in [0.1, 0.15) is 19.4 Å². The molecule has 0 aliphatic rings. The number of benzene rings is 2. The summed E-state index contributed by atoms with van der Waals surface area (Å²) in [5, 5.41) is 10.8. The largest absolute Gasteiger partial charge is 0.441 e. The molecule has 0 radical (unpaired) electrons. The van der Waals surface area contributed by atoms with Gasteiger partial charge in [-0.25, -0.2) is 4.79 Å². The molecule has 8 nitrogen and oxygen atoms in total. The Hall–Kier alpha value is -3.55. The highest BCUT2D eigenvalue weighted by Crippen LogP contribution is 2.07. The van der Waals surface area contributed by atoms with Crippen LogP contribution < -0.4 is 10.9 Å². The van der Waals surface area contributed by atoms with Crippen LogP contribution in [0.15, 0.2) is 59.4 Å². The minimum Gasteiger partial charge on any atom is -0.441 e. The highest BCUT2D eigenvalue weighted by atomic mass is 16.5. The van der Waals surface area contributed by atoms with Crippen molar-refractivity contribution < 1.29 is 14.3 Å². The summed E-state index contributed by atoms with van der Waals surface area (Å²) < 4.78 is 6.21. The number of carbonyl (C=O) groups is 2. The molecule has 1 heterocycles. The SMILES string of the molecule is CC(C)C(NC(=O)Cc1ccccc1)C(=O)OCn1nnc2ccccc2c1=O. The maximum Gasteiger partial charge on any atom is 0.330 e. The number of esters is 1. The molecule has 1 atom stereocenters. The van der Waals surface area contributed by atoms with Crippen molar-refractivity contribution in [1.29, 1.82) is 0 Å². The van der Waals surface area contributed by atoms with E-state index in [0.29, 0.717) is 10.9 Å². The zero-order chi connectivity index (χ0) is 20.8. The van der Waals surface area contributed by atoms with E-state index in [4.69, 9.17) is 4.74 Å². The van der Waals surface area contributed by atoms with E-state index in [1.165, 1.54) is 0 Å². The highest BCUT2D eigenvalue weighted by Gasteiger charge is 2.26. The first kappa shape index (κ1) is 20.2. The molecule has 0 fully saturated rings. The molecule has 0 saturated carbocycles. The van der Waals surface area contributed by atoms with E-state index in [1.807, 2.05) is 30.3 Å². The monoisotopic (exact) mass is 394 g/mol. The van der Waals surface area contributed by atoms with E-state index in [2.05, 4.69) is 15.6 Å². The lowest BCUT2D eigenvalue weighted by Crippen LogP contribution is -2.46. The number of nitrogens with one attached hydrogen (secondary N) is 1. The summed E-state index contributed by atoms with van der Waals surface area (Å²) in [6.45, 7) is 3.22. The molecule has 0 bridgehead atoms. The molecule has 0 aliphatic carbocycles. The third-order valence-corrected chi connectivity index (χ3v) is 4.40. The molecule has 1 aromatic heterocycles. The van der Waals surface area contributed by atoms with Gasteiger partial charge in [-0.3, -0.25) is 9.59 Å². The zero-order valence-electron chi connectivity index (χ0n) is 16.2. The number of fused-ring (bicyclic) bond motifs is 1. The summed E-state index contributed by atoms with van der Waals surface area (Å²) in [7, 11) is 0. The Balaban J connectivity index is 1.65. The molecule has 150 valence electrons. The zero-order valence-corrected chi connectivity index (χ0v) is 16.2. The standard InChI is InChI=1S/C21H22N4O4/c1-14(2)19(22-18(26)12-15-8-4-3-5-9-15)21(28)29-13-25-20(27)16-10-6-7-11-17(16)23-24-25/h3-11,14,19H,12-13H2,1-2H3,(H,22,26). The van der Waals surface area contributed by atoms with Crippen molar-refractivity contribution >= 4 is 22.8 Å². The highest BCUT2D eigenvalue weighted by molar-refractivity contribution is 5.85. The number of ether oxygens (including phenoxy) is 1. The van der Waals surface area contributed by atoms with Gasteiger partial charge in [0.05, 0.1) is 11.8 Å². The number of aromatic nitrogens is 3. The van der Waals surface area contributed by atoms with Crippen molar-refractivity contribution in [3.8, 4) is 0 Å². The van der Waals surface area contributed by atoms with Gasteiger partial charge in [-0.1, -0.05) is 61.5 Å². The summed E-state index contributed by atoms with van der Waals surface area (Å²) in [6, 6.07) is 15.2. The lowest BCUT2D eigenvalue weighted by Gasteiger charge is -2.21. The quantitative estimate of drug-likeness (QED) is 0.612. The van der Waals surface area contributed by atoms with Crippen LogP contribution in [0.25, 0.3) is 10.9 Å². The lowest BCUT2D eigenvalue weighted by atomic mass is 10.0. The topological polar surface area (TPSA) is 103 Å². The smallest absolute Gasteiger partial charge is 0.330 e. The molecular weight excluding hydrogens is 372 g/mol. The number of hydrogen-bond donors (Lipinski definition) is 1. The van der Waals surface area contributed by atoms with Gasteiger partial charge in [0, 0.05) is 0 Å². The normalized spacial score (nSPS) is 12.0. The molecule has 0 saturated heterocycles. The maximum atomic E-state index is 12.5. The van der Waals surface area contributed by atoms with Crippen molar-refractivity contribution in [2.45, 2.75) is 33.0 Å². The van der Waals surface area contributed by atoms with Gasteiger partial charge in [-0.05, 0) is 23.6 Å². The molecule has 1 N–H and O–H groups in total. The number of rotatable bonds is 7. The Kier molecular flexibility index (Phi) is 6.33. The van der Waals surface area contributed by atoms with Gasteiger partial charge in [-0.2, -0.15) is 4.68 Å². The van der Waals surface area contributed by atoms with Gasteiger partial charge in [0.25, 0.3) is 5.56 Å². The maximum absolute atomic E-state index is 12.5. The Bertz CT molecular complexity index is 1060. The molecule has 29 heavy (non-hydrogen) atoms. The second-order valence-corrected chi connectivity index (χ2v) is 6.96. The minimum absolute atomic E-state index is 0.160. The second kappa shape index (κ2) is 9.09. The number of carbonyl (C=O) groups excluding carboxylic acids is 2. The molecule has 8 heteroatoms. The predicted molar refractivity (Wildman–Crippen MR) is 107 cm³/mol. The summed E-state index contributed by atoms with van der Waals surface area (Å²) in [5.41, 5.74) is 0.907. The third kappa shape index (κ3) is 5.04. The molecule has 3 aromatic rings. The van der Waals surface area contributed by atoms with Crippen LogP contribution in [-0.2, 0) is 27.5 Å². The van der Waals surface area contributed by atoms with Crippen LogP contribution in [-0.4, -0.2) is 32.9 Å². The van der Waals surface area contributed by atoms with Gasteiger partial charge in [0.1, 0.15) is 11.6 Å². The average Bonchev–Trinajstić information content (AvgIpc) is 2.72. The van der Waals surface area contributed by atoms with Gasteiger partial charge < -0.3 is 10.1 Å². The van der Waals surface area contributed by atoms with Crippen molar-refractivity contribution in [3.63, 3.8) is 0 Å². The van der Waals surface area contributed by atoms with E-state index in [0.717, 1.165) is 10.2 Å². The van der Waals surface area contributed by atoms with E-state index in [9.17, 15) is 14.4 Å². The molecule has 2 aromatic carbocycles. The Morgan fingerprint density at radius 1 is 1.07 bits per heavy atom. The summed E-state index contributed by atoms with van der Waals surface area (Å²) >= 11 is 0.